The van der Waals surface area contributed by atoms with Crippen LogP contribution in [0.4, 0.5) is 4.39 Å². The lowest BCUT2D eigenvalue weighted by molar-refractivity contribution is 0.610. The molecule has 3 nitrogen and oxygen atoms in total. The van der Waals surface area contributed by atoms with E-state index < -0.39 is 0 Å². The summed E-state index contributed by atoms with van der Waals surface area (Å²) in [6.07, 6.45) is 1.62. The molecule has 2 aromatic rings. The number of hydrogen-bond acceptors (Lipinski definition) is 2. The molecule has 0 spiro atoms. The molecule has 0 aliphatic carbocycles. The van der Waals surface area contributed by atoms with Crippen LogP contribution in [0.25, 0.3) is 0 Å². The first-order valence-electron chi connectivity index (χ1n) is 6.54. The maximum Gasteiger partial charge on any atom is 0.126 e. The molecule has 1 aromatic carbocycles. The van der Waals surface area contributed by atoms with Gasteiger partial charge < -0.3 is 5.73 Å². The van der Waals surface area contributed by atoms with E-state index in [2.05, 4.69) is 18.1 Å². The fourth-order valence-electron chi connectivity index (χ4n) is 2.18. The Morgan fingerprint density at radius 3 is 2.68 bits per heavy atom. The Morgan fingerprint density at radius 1 is 1.37 bits per heavy atom. The van der Waals surface area contributed by atoms with E-state index in [0.717, 1.165) is 23.4 Å². The van der Waals surface area contributed by atoms with Crippen molar-refractivity contribution in [3.8, 4) is 0 Å². The van der Waals surface area contributed by atoms with E-state index in [9.17, 15) is 4.39 Å². The highest BCUT2D eigenvalue weighted by Crippen LogP contribution is 2.19. The Balaban J connectivity index is 2.17. The van der Waals surface area contributed by atoms with Crippen LogP contribution in [0.3, 0.4) is 0 Å². The first kappa shape index (κ1) is 13.7. The van der Waals surface area contributed by atoms with Crippen molar-refractivity contribution in [1.29, 1.82) is 0 Å². The summed E-state index contributed by atoms with van der Waals surface area (Å²) >= 11 is 0. The van der Waals surface area contributed by atoms with E-state index in [4.69, 9.17) is 5.73 Å². The molecule has 0 saturated carbocycles. The third-order valence-corrected chi connectivity index (χ3v) is 3.43. The van der Waals surface area contributed by atoms with E-state index in [0.29, 0.717) is 12.0 Å². The average Bonchev–Trinajstić information content (AvgIpc) is 2.73. The Morgan fingerprint density at radius 2 is 2.11 bits per heavy atom. The van der Waals surface area contributed by atoms with Gasteiger partial charge in [0.1, 0.15) is 5.82 Å². The maximum absolute atomic E-state index is 13.2. The SMILES string of the molecule is CCc1cc(CC(N)c2ccc(F)c(C)c2)n(C)n1. The molecule has 102 valence electrons. The number of aryl methyl sites for hydroxylation is 3. The molecule has 1 atom stereocenters. The van der Waals surface area contributed by atoms with Crippen molar-refractivity contribution in [3.05, 3.63) is 52.6 Å². The predicted octanol–water partition coefficient (Wildman–Crippen LogP) is 2.67. The highest BCUT2D eigenvalue weighted by Gasteiger charge is 2.12. The molecule has 0 amide bonds. The molecule has 4 heteroatoms. The number of hydrogen-bond donors (Lipinski definition) is 1. The van der Waals surface area contributed by atoms with Crippen molar-refractivity contribution in [2.75, 3.05) is 0 Å². The van der Waals surface area contributed by atoms with Crippen LogP contribution in [0.1, 0.15) is 35.5 Å². The van der Waals surface area contributed by atoms with Crippen LogP contribution in [0.15, 0.2) is 24.3 Å². The lowest BCUT2D eigenvalue weighted by atomic mass is 10.0. The number of halogens is 1. The number of rotatable bonds is 4. The third-order valence-electron chi connectivity index (χ3n) is 3.43. The van der Waals surface area contributed by atoms with Gasteiger partial charge in [-0.2, -0.15) is 5.10 Å². The number of nitrogens with zero attached hydrogens (tertiary/aromatic N) is 2. The van der Waals surface area contributed by atoms with Crippen LogP contribution in [-0.2, 0) is 19.9 Å². The second-order valence-electron chi connectivity index (χ2n) is 4.92. The molecule has 1 aromatic heterocycles. The molecule has 1 heterocycles. The fourth-order valence-corrected chi connectivity index (χ4v) is 2.18. The van der Waals surface area contributed by atoms with Crippen LogP contribution in [-0.4, -0.2) is 9.78 Å². The Hall–Kier alpha value is -1.68. The molecular weight excluding hydrogens is 241 g/mol. The molecule has 0 radical (unpaired) electrons. The van der Waals surface area contributed by atoms with Gasteiger partial charge in [-0.25, -0.2) is 4.39 Å². The minimum atomic E-state index is -0.190. The molecule has 19 heavy (non-hydrogen) atoms. The summed E-state index contributed by atoms with van der Waals surface area (Å²) in [5.74, 6) is -0.190. The quantitative estimate of drug-likeness (QED) is 0.919. The molecule has 2 N–H and O–H groups in total. The smallest absolute Gasteiger partial charge is 0.126 e. The zero-order valence-electron chi connectivity index (χ0n) is 11.7. The van der Waals surface area contributed by atoms with Gasteiger partial charge in [0.25, 0.3) is 0 Å². The van der Waals surface area contributed by atoms with Gasteiger partial charge in [0, 0.05) is 25.2 Å². The fraction of sp³-hybridized carbons (Fsp3) is 0.400. The van der Waals surface area contributed by atoms with Crippen LogP contribution >= 0.6 is 0 Å². The van der Waals surface area contributed by atoms with Crippen LogP contribution in [0.2, 0.25) is 0 Å². The molecule has 0 saturated heterocycles. The van der Waals surface area contributed by atoms with Gasteiger partial charge in [0.05, 0.1) is 5.69 Å². The van der Waals surface area contributed by atoms with Gasteiger partial charge in [-0.15, -0.1) is 0 Å². The average molecular weight is 261 g/mol. The predicted molar refractivity (Wildman–Crippen MR) is 74.4 cm³/mol. The van der Waals surface area contributed by atoms with Gasteiger partial charge >= 0.3 is 0 Å². The van der Waals surface area contributed by atoms with E-state index in [-0.39, 0.29) is 11.9 Å². The van der Waals surface area contributed by atoms with Gasteiger partial charge in [0.15, 0.2) is 0 Å². The van der Waals surface area contributed by atoms with Gasteiger partial charge in [-0.05, 0) is 36.6 Å². The Kier molecular flexibility index (Phi) is 4.00. The molecule has 1 unspecified atom stereocenters. The minimum absolute atomic E-state index is 0.139. The van der Waals surface area contributed by atoms with Crippen LogP contribution < -0.4 is 5.73 Å². The van der Waals surface area contributed by atoms with E-state index >= 15 is 0 Å². The normalized spacial score (nSPS) is 12.7. The van der Waals surface area contributed by atoms with E-state index in [1.807, 2.05) is 17.8 Å². The summed E-state index contributed by atoms with van der Waals surface area (Å²) in [6, 6.07) is 6.99. The highest BCUT2D eigenvalue weighted by atomic mass is 19.1. The summed E-state index contributed by atoms with van der Waals surface area (Å²) in [5, 5.41) is 4.41. The molecular formula is C15H20FN3. The summed E-state index contributed by atoms with van der Waals surface area (Å²) < 4.78 is 15.1. The van der Waals surface area contributed by atoms with Crippen LogP contribution in [0.5, 0.6) is 0 Å². The summed E-state index contributed by atoms with van der Waals surface area (Å²) in [6.45, 7) is 3.83. The second-order valence-corrected chi connectivity index (χ2v) is 4.92. The number of benzene rings is 1. The molecule has 2 rings (SSSR count). The van der Waals surface area contributed by atoms with Gasteiger partial charge in [-0.1, -0.05) is 19.1 Å². The molecule has 0 aliphatic rings. The van der Waals surface area contributed by atoms with Crippen molar-refractivity contribution >= 4 is 0 Å². The van der Waals surface area contributed by atoms with E-state index in [1.54, 1.807) is 13.0 Å². The molecule has 0 bridgehead atoms. The summed E-state index contributed by atoms with van der Waals surface area (Å²) in [5.41, 5.74) is 9.96. The monoisotopic (exact) mass is 261 g/mol. The van der Waals surface area contributed by atoms with Crippen molar-refractivity contribution < 1.29 is 4.39 Å². The van der Waals surface area contributed by atoms with E-state index in [1.165, 1.54) is 6.07 Å². The molecule has 0 fully saturated rings. The maximum atomic E-state index is 13.2. The minimum Gasteiger partial charge on any atom is -0.324 e. The van der Waals surface area contributed by atoms with Gasteiger partial charge in [0.2, 0.25) is 0 Å². The van der Waals surface area contributed by atoms with Crippen molar-refractivity contribution in [2.24, 2.45) is 12.8 Å². The second kappa shape index (κ2) is 5.53. The summed E-state index contributed by atoms with van der Waals surface area (Å²) in [4.78, 5) is 0. The van der Waals surface area contributed by atoms with Crippen molar-refractivity contribution in [2.45, 2.75) is 32.7 Å². The van der Waals surface area contributed by atoms with Gasteiger partial charge in [-0.3, -0.25) is 4.68 Å². The largest absolute Gasteiger partial charge is 0.324 e. The number of aromatic nitrogens is 2. The van der Waals surface area contributed by atoms with Crippen molar-refractivity contribution in [3.63, 3.8) is 0 Å². The third kappa shape index (κ3) is 3.01. The highest BCUT2D eigenvalue weighted by molar-refractivity contribution is 5.27. The first-order chi connectivity index (χ1) is 9.01. The number of nitrogens with two attached hydrogens (primary N) is 1. The standard InChI is InChI=1S/C15H20FN3/c1-4-12-8-13(19(3)18-12)9-15(17)11-5-6-14(16)10(2)7-11/h5-8,15H,4,9,17H2,1-3H3. The Bertz CT molecular complexity index is 575. The zero-order chi connectivity index (χ0) is 14.0. The first-order valence-corrected chi connectivity index (χ1v) is 6.54. The van der Waals surface area contributed by atoms with Crippen LogP contribution in [0, 0.1) is 12.7 Å². The molecule has 0 aliphatic heterocycles. The Labute approximate surface area is 113 Å². The topological polar surface area (TPSA) is 43.8 Å². The lowest BCUT2D eigenvalue weighted by Crippen LogP contribution is -2.15. The summed E-state index contributed by atoms with van der Waals surface area (Å²) in [7, 11) is 1.93. The lowest BCUT2D eigenvalue weighted by Gasteiger charge is -2.13. The van der Waals surface area contributed by atoms with Crippen molar-refractivity contribution in [1.82, 2.24) is 9.78 Å². The zero-order valence-corrected chi connectivity index (χ0v) is 11.7.